The van der Waals surface area contributed by atoms with Crippen LogP contribution in [-0.4, -0.2) is 36.8 Å². The molecule has 1 saturated heterocycles. The molecule has 1 rings (SSSR count). The third-order valence-corrected chi connectivity index (χ3v) is 3.52. The van der Waals surface area contributed by atoms with Gasteiger partial charge in [0, 0.05) is 19.1 Å². The molecule has 1 amide bonds. The van der Waals surface area contributed by atoms with Gasteiger partial charge in [-0.3, -0.25) is 4.79 Å². The van der Waals surface area contributed by atoms with Crippen molar-refractivity contribution in [2.24, 2.45) is 11.8 Å². The number of aliphatic hydroxyl groups is 1. The van der Waals surface area contributed by atoms with Crippen molar-refractivity contribution in [1.29, 1.82) is 0 Å². The Balaban J connectivity index is 0.00000289. The van der Waals surface area contributed by atoms with Crippen LogP contribution in [0.4, 0.5) is 0 Å². The highest BCUT2D eigenvalue weighted by molar-refractivity contribution is 5.85. The maximum Gasteiger partial charge on any atom is 0.220 e. The van der Waals surface area contributed by atoms with E-state index < -0.39 is 0 Å². The molecule has 1 heterocycles. The Kier molecular flexibility index (Phi) is 9.42. The van der Waals surface area contributed by atoms with Gasteiger partial charge in [-0.2, -0.15) is 0 Å². The summed E-state index contributed by atoms with van der Waals surface area (Å²) >= 11 is 0. The lowest BCUT2D eigenvalue weighted by Crippen LogP contribution is -2.40. The third-order valence-electron chi connectivity index (χ3n) is 3.52. The molecule has 0 radical (unpaired) electrons. The topological polar surface area (TPSA) is 61.4 Å². The number of amides is 1. The zero-order chi connectivity index (χ0) is 12.7. The molecule has 3 N–H and O–H groups in total. The Morgan fingerprint density at radius 1 is 1.39 bits per heavy atom. The van der Waals surface area contributed by atoms with E-state index in [9.17, 15) is 4.79 Å². The van der Waals surface area contributed by atoms with Crippen LogP contribution in [-0.2, 0) is 4.79 Å². The standard InChI is InChI=1S/C13H26N2O2.ClH/c1-10(2)12(5-8-16)15-13(17)9-11-3-6-14-7-4-11;/h10-12,14,16H,3-9H2,1-2H3,(H,15,17);1H. The largest absolute Gasteiger partial charge is 0.396 e. The predicted molar refractivity (Wildman–Crippen MR) is 75.9 cm³/mol. The van der Waals surface area contributed by atoms with Crippen molar-refractivity contribution in [2.45, 2.75) is 45.6 Å². The molecule has 108 valence electrons. The van der Waals surface area contributed by atoms with Crippen molar-refractivity contribution < 1.29 is 9.90 Å². The van der Waals surface area contributed by atoms with Crippen molar-refractivity contribution in [3.8, 4) is 0 Å². The van der Waals surface area contributed by atoms with E-state index in [2.05, 4.69) is 24.5 Å². The molecule has 0 saturated carbocycles. The highest BCUT2D eigenvalue weighted by atomic mass is 35.5. The van der Waals surface area contributed by atoms with Crippen LogP contribution in [0.25, 0.3) is 0 Å². The molecule has 4 nitrogen and oxygen atoms in total. The summed E-state index contributed by atoms with van der Waals surface area (Å²) < 4.78 is 0. The monoisotopic (exact) mass is 278 g/mol. The molecule has 1 unspecified atom stereocenters. The summed E-state index contributed by atoms with van der Waals surface area (Å²) in [6.07, 6.45) is 3.48. The highest BCUT2D eigenvalue weighted by Crippen LogP contribution is 2.16. The fourth-order valence-corrected chi connectivity index (χ4v) is 2.32. The van der Waals surface area contributed by atoms with E-state index >= 15 is 0 Å². The number of carbonyl (C=O) groups excluding carboxylic acids is 1. The molecule has 1 aliphatic rings. The number of aliphatic hydroxyl groups excluding tert-OH is 1. The number of hydrogen-bond acceptors (Lipinski definition) is 3. The van der Waals surface area contributed by atoms with Gasteiger partial charge in [0.2, 0.25) is 5.91 Å². The lowest BCUT2D eigenvalue weighted by Gasteiger charge is -2.25. The zero-order valence-electron chi connectivity index (χ0n) is 11.4. The van der Waals surface area contributed by atoms with Crippen molar-refractivity contribution in [1.82, 2.24) is 10.6 Å². The van der Waals surface area contributed by atoms with Crippen LogP contribution in [0.3, 0.4) is 0 Å². The summed E-state index contributed by atoms with van der Waals surface area (Å²) in [5.74, 6) is 1.04. The van der Waals surface area contributed by atoms with Gasteiger partial charge in [-0.05, 0) is 44.2 Å². The Morgan fingerprint density at radius 2 is 2.00 bits per heavy atom. The highest BCUT2D eigenvalue weighted by Gasteiger charge is 2.20. The quantitative estimate of drug-likeness (QED) is 0.687. The van der Waals surface area contributed by atoms with Crippen LogP contribution in [0.15, 0.2) is 0 Å². The van der Waals surface area contributed by atoms with Crippen LogP contribution in [0, 0.1) is 11.8 Å². The molecule has 1 atom stereocenters. The number of carbonyl (C=O) groups is 1. The number of nitrogens with one attached hydrogen (secondary N) is 2. The van der Waals surface area contributed by atoms with E-state index in [-0.39, 0.29) is 31.0 Å². The van der Waals surface area contributed by atoms with Crippen molar-refractivity contribution in [3.05, 3.63) is 0 Å². The minimum Gasteiger partial charge on any atom is -0.396 e. The smallest absolute Gasteiger partial charge is 0.220 e. The van der Waals surface area contributed by atoms with Gasteiger partial charge >= 0.3 is 0 Å². The summed E-state index contributed by atoms with van der Waals surface area (Å²) in [5, 5.41) is 15.3. The van der Waals surface area contributed by atoms with Crippen molar-refractivity contribution in [3.63, 3.8) is 0 Å². The summed E-state index contributed by atoms with van der Waals surface area (Å²) in [5.41, 5.74) is 0. The second-order valence-electron chi connectivity index (χ2n) is 5.33. The maximum atomic E-state index is 11.9. The molecule has 0 aromatic carbocycles. The van der Waals surface area contributed by atoms with Crippen molar-refractivity contribution >= 4 is 18.3 Å². The van der Waals surface area contributed by atoms with Gasteiger partial charge in [0.05, 0.1) is 0 Å². The molecular weight excluding hydrogens is 252 g/mol. The SMILES string of the molecule is CC(C)C(CCO)NC(=O)CC1CCNCC1.Cl. The van der Waals surface area contributed by atoms with Gasteiger partial charge in [-0.15, -0.1) is 12.4 Å². The lowest BCUT2D eigenvalue weighted by atomic mass is 9.93. The molecule has 1 aliphatic heterocycles. The van der Waals surface area contributed by atoms with E-state index in [0.717, 1.165) is 25.9 Å². The number of rotatable bonds is 6. The van der Waals surface area contributed by atoms with Gasteiger partial charge in [-0.1, -0.05) is 13.8 Å². The molecule has 0 aromatic heterocycles. The lowest BCUT2D eigenvalue weighted by molar-refractivity contribution is -0.123. The molecule has 5 heteroatoms. The average Bonchev–Trinajstić information content (AvgIpc) is 2.29. The summed E-state index contributed by atoms with van der Waals surface area (Å²) in [4.78, 5) is 11.9. The van der Waals surface area contributed by atoms with E-state index in [1.807, 2.05) is 0 Å². The predicted octanol–water partition coefficient (Wildman–Crippen LogP) is 1.32. The van der Waals surface area contributed by atoms with E-state index in [4.69, 9.17) is 5.11 Å². The fourth-order valence-electron chi connectivity index (χ4n) is 2.32. The number of piperidine rings is 1. The zero-order valence-corrected chi connectivity index (χ0v) is 12.3. The first-order valence-electron chi connectivity index (χ1n) is 6.74. The van der Waals surface area contributed by atoms with Gasteiger partial charge < -0.3 is 15.7 Å². The summed E-state index contributed by atoms with van der Waals surface area (Å²) in [6.45, 7) is 6.34. The Labute approximate surface area is 116 Å². The second-order valence-corrected chi connectivity index (χ2v) is 5.33. The molecule has 0 aliphatic carbocycles. The Bertz CT molecular complexity index is 231. The molecule has 1 fully saturated rings. The first kappa shape index (κ1) is 17.7. The molecule has 0 bridgehead atoms. The summed E-state index contributed by atoms with van der Waals surface area (Å²) in [6, 6.07) is 0.106. The minimum absolute atomic E-state index is 0. The average molecular weight is 279 g/mol. The van der Waals surface area contributed by atoms with Crippen LogP contribution in [0.2, 0.25) is 0 Å². The van der Waals surface area contributed by atoms with Gasteiger partial charge in [0.1, 0.15) is 0 Å². The van der Waals surface area contributed by atoms with Crippen LogP contribution >= 0.6 is 12.4 Å². The summed E-state index contributed by atoms with van der Waals surface area (Å²) in [7, 11) is 0. The number of hydrogen-bond donors (Lipinski definition) is 3. The van der Waals surface area contributed by atoms with E-state index in [1.165, 1.54) is 0 Å². The first-order chi connectivity index (χ1) is 8.13. The van der Waals surface area contributed by atoms with Crippen LogP contribution in [0.5, 0.6) is 0 Å². The fraction of sp³-hybridized carbons (Fsp3) is 0.923. The molecule has 0 aromatic rings. The molecular formula is C13H27ClN2O2. The minimum atomic E-state index is 0. The van der Waals surface area contributed by atoms with Crippen LogP contribution in [0.1, 0.15) is 39.5 Å². The van der Waals surface area contributed by atoms with Crippen LogP contribution < -0.4 is 10.6 Å². The molecule has 0 spiro atoms. The van der Waals surface area contributed by atoms with E-state index in [1.54, 1.807) is 0 Å². The first-order valence-corrected chi connectivity index (χ1v) is 6.74. The van der Waals surface area contributed by atoms with Crippen molar-refractivity contribution in [2.75, 3.05) is 19.7 Å². The second kappa shape index (κ2) is 9.59. The third kappa shape index (κ3) is 6.57. The van der Waals surface area contributed by atoms with E-state index in [0.29, 0.717) is 24.7 Å². The van der Waals surface area contributed by atoms with Gasteiger partial charge in [0.15, 0.2) is 0 Å². The normalized spacial score (nSPS) is 18.2. The molecule has 18 heavy (non-hydrogen) atoms. The number of halogens is 1. The van der Waals surface area contributed by atoms with Gasteiger partial charge in [0.25, 0.3) is 0 Å². The Hall–Kier alpha value is -0.320. The maximum absolute atomic E-state index is 11.9. The van der Waals surface area contributed by atoms with Gasteiger partial charge in [-0.25, -0.2) is 0 Å². The Morgan fingerprint density at radius 3 is 2.50 bits per heavy atom.